The van der Waals surface area contributed by atoms with E-state index in [1.165, 1.54) is 12.4 Å². The summed E-state index contributed by atoms with van der Waals surface area (Å²) in [5, 5.41) is 15.5. The summed E-state index contributed by atoms with van der Waals surface area (Å²) in [6.07, 6.45) is 3.04. The Labute approximate surface area is 67.1 Å². The molecule has 2 aromatic rings. The number of hydrogen-bond donors (Lipinski definition) is 2. The predicted octanol–water partition coefficient (Wildman–Crippen LogP) is 0.656. The second-order valence-corrected chi connectivity index (χ2v) is 2.30. The highest BCUT2D eigenvalue weighted by Crippen LogP contribution is 2.12. The molecule has 0 aliphatic heterocycles. The Hall–Kier alpha value is -1.91. The van der Waals surface area contributed by atoms with Gasteiger partial charge in [0.1, 0.15) is 5.52 Å². The third-order valence-electron chi connectivity index (χ3n) is 1.57. The van der Waals surface area contributed by atoms with Gasteiger partial charge in [0.15, 0.2) is 5.69 Å². The van der Waals surface area contributed by atoms with Gasteiger partial charge in [-0.15, -0.1) is 0 Å². The molecule has 0 spiro atoms. The third-order valence-corrected chi connectivity index (χ3v) is 1.57. The minimum Gasteiger partial charge on any atom is -0.477 e. The van der Waals surface area contributed by atoms with E-state index in [2.05, 4.69) is 15.2 Å². The van der Waals surface area contributed by atoms with Gasteiger partial charge in [0.2, 0.25) is 0 Å². The van der Waals surface area contributed by atoms with Crippen LogP contribution in [-0.2, 0) is 0 Å². The summed E-state index contributed by atoms with van der Waals surface area (Å²) in [4.78, 5) is 14.4. The zero-order valence-corrected chi connectivity index (χ0v) is 5.98. The van der Waals surface area contributed by atoms with Crippen molar-refractivity contribution in [1.82, 2.24) is 15.2 Å². The van der Waals surface area contributed by atoms with Gasteiger partial charge in [-0.2, -0.15) is 5.10 Å². The predicted molar refractivity (Wildman–Crippen MR) is 40.8 cm³/mol. The lowest BCUT2D eigenvalue weighted by atomic mass is 10.2. The average molecular weight is 163 g/mol. The smallest absolute Gasteiger partial charge is 0.354 e. The Balaban J connectivity index is 2.79. The SMILES string of the molecule is O=C(O)c1[nH]nc2cnccc12. The van der Waals surface area contributed by atoms with Gasteiger partial charge in [0.25, 0.3) is 0 Å². The average Bonchev–Trinajstić information content (AvgIpc) is 2.47. The number of carboxylic acids is 1. The van der Waals surface area contributed by atoms with E-state index in [0.29, 0.717) is 10.9 Å². The fourth-order valence-corrected chi connectivity index (χ4v) is 1.03. The van der Waals surface area contributed by atoms with E-state index in [1.807, 2.05) is 0 Å². The normalized spacial score (nSPS) is 10.3. The van der Waals surface area contributed by atoms with Gasteiger partial charge in [-0.25, -0.2) is 4.79 Å². The van der Waals surface area contributed by atoms with Crippen LogP contribution in [0.25, 0.3) is 10.9 Å². The number of H-pyrrole nitrogens is 1. The standard InChI is InChI=1S/C7H5N3O2/c11-7(12)6-4-1-2-8-3-5(4)9-10-6/h1-3H,(H,9,10)(H,11,12). The van der Waals surface area contributed by atoms with Crippen molar-refractivity contribution in [1.29, 1.82) is 0 Å². The number of aromatic nitrogens is 3. The van der Waals surface area contributed by atoms with E-state index >= 15 is 0 Å². The fraction of sp³-hybridized carbons (Fsp3) is 0. The Morgan fingerprint density at radius 3 is 3.17 bits per heavy atom. The van der Waals surface area contributed by atoms with E-state index in [0.717, 1.165) is 0 Å². The molecule has 0 fully saturated rings. The molecule has 2 aromatic heterocycles. The summed E-state index contributed by atoms with van der Waals surface area (Å²) >= 11 is 0. The monoisotopic (exact) mass is 163 g/mol. The highest BCUT2D eigenvalue weighted by Gasteiger charge is 2.10. The molecule has 0 saturated heterocycles. The molecule has 2 rings (SSSR count). The molecule has 0 aliphatic rings. The lowest BCUT2D eigenvalue weighted by Gasteiger charge is -1.87. The largest absolute Gasteiger partial charge is 0.477 e. The Morgan fingerprint density at radius 2 is 2.42 bits per heavy atom. The van der Waals surface area contributed by atoms with E-state index < -0.39 is 5.97 Å². The van der Waals surface area contributed by atoms with Crippen molar-refractivity contribution in [3.8, 4) is 0 Å². The van der Waals surface area contributed by atoms with E-state index in [9.17, 15) is 4.79 Å². The number of nitrogens with one attached hydrogen (secondary N) is 1. The first-order chi connectivity index (χ1) is 5.79. The van der Waals surface area contributed by atoms with Crippen LogP contribution >= 0.6 is 0 Å². The first kappa shape index (κ1) is 6.78. The minimum absolute atomic E-state index is 0.104. The Kier molecular flexibility index (Phi) is 1.30. The van der Waals surface area contributed by atoms with Crippen LogP contribution in [0.3, 0.4) is 0 Å². The maximum Gasteiger partial charge on any atom is 0.354 e. The second kappa shape index (κ2) is 2.30. The lowest BCUT2D eigenvalue weighted by molar-refractivity contribution is 0.0692. The Bertz CT molecular complexity index is 435. The van der Waals surface area contributed by atoms with Crippen LogP contribution < -0.4 is 0 Å². The number of aromatic amines is 1. The van der Waals surface area contributed by atoms with Crippen molar-refractivity contribution < 1.29 is 9.90 Å². The van der Waals surface area contributed by atoms with Crippen molar-refractivity contribution in [3.05, 3.63) is 24.2 Å². The van der Waals surface area contributed by atoms with Gasteiger partial charge in [0, 0.05) is 11.6 Å². The number of hydrogen-bond acceptors (Lipinski definition) is 3. The first-order valence-electron chi connectivity index (χ1n) is 3.30. The molecule has 60 valence electrons. The summed E-state index contributed by atoms with van der Waals surface area (Å²) in [6, 6.07) is 1.61. The van der Waals surface area contributed by atoms with E-state index in [-0.39, 0.29) is 5.69 Å². The molecule has 0 unspecified atom stereocenters. The number of nitrogens with zero attached hydrogens (tertiary/aromatic N) is 2. The molecule has 0 saturated carbocycles. The first-order valence-corrected chi connectivity index (χ1v) is 3.30. The Morgan fingerprint density at radius 1 is 1.58 bits per heavy atom. The van der Waals surface area contributed by atoms with Gasteiger partial charge >= 0.3 is 5.97 Å². The fourth-order valence-electron chi connectivity index (χ4n) is 1.03. The van der Waals surface area contributed by atoms with Crippen LogP contribution in [0.5, 0.6) is 0 Å². The van der Waals surface area contributed by atoms with Gasteiger partial charge in [0.05, 0.1) is 6.20 Å². The van der Waals surface area contributed by atoms with Crippen LogP contribution in [0.15, 0.2) is 18.5 Å². The summed E-state index contributed by atoms with van der Waals surface area (Å²) in [6.45, 7) is 0. The van der Waals surface area contributed by atoms with Crippen LogP contribution in [0, 0.1) is 0 Å². The summed E-state index contributed by atoms with van der Waals surface area (Å²) in [7, 11) is 0. The molecule has 0 radical (unpaired) electrons. The van der Waals surface area contributed by atoms with Gasteiger partial charge in [-0.05, 0) is 6.07 Å². The van der Waals surface area contributed by atoms with Crippen LogP contribution in [0.1, 0.15) is 10.5 Å². The molecule has 2 N–H and O–H groups in total. The number of rotatable bonds is 1. The minimum atomic E-state index is -1.01. The van der Waals surface area contributed by atoms with Gasteiger partial charge in [-0.1, -0.05) is 0 Å². The van der Waals surface area contributed by atoms with Gasteiger partial charge in [-0.3, -0.25) is 10.1 Å². The van der Waals surface area contributed by atoms with Crippen molar-refractivity contribution >= 4 is 16.9 Å². The number of carbonyl (C=O) groups is 1. The summed E-state index contributed by atoms with van der Waals surface area (Å²) in [5.74, 6) is -1.01. The zero-order valence-electron chi connectivity index (χ0n) is 5.98. The van der Waals surface area contributed by atoms with Crippen LogP contribution in [-0.4, -0.2) is 26.3 Å². The molecule has 12 heavy (non-hydrogen) atoms. The molecule has 0 amide bonds. The van der Waals surface area contributed by atoms with Crippen molar-refractivity contribution in [2.75, 3.05) is 0 Å². The molecule has 5 nitrogen and oxygen atoms in total. The maximum absolute atomic E-state index is 10.6. The van der Waals surface area contributed by atoms with Crippen LogP contribution in [0.2, 0.25) is 0 Å². The topological polar surface area (TPSA) is 78.9 Å². The molecule has 0 atom stereocenters. The number of carboxylic acid groups (broad SMARTS) is 1. The molecular weight excluding hydrogens is 158 g/mol. The van der Waals surface area contributed by atoms with E-state index in [1.54, 1.807) is 6.07 Å². The highest BCUT2D eigenvalue weighted by atomic mass is 16.4. The lowest BCUT2D eigenvalue weighted by Crippen LogP contribution is -1.96. The van der Waals surface area contributed by atoms with Crippen molar-refractivity contribution in [2.24, 2.45) is 0 Å². The van der Waals surface area contributed by atoms with Crippen molar-refractivity contribution in [3.63, 3.8) is 0 Å². The number of aromatic carboxylic acids is 1. The highest BCUT2D eigenvalue weighted by molar-refractivity contribution is 6.00. The van der Waals surface area contributed by atoms with E-state index in [4.69, 9.17) is 5.11 Å². The van der Waals surface area contributed by atoms with Crippen molar-refractivity contribution in [2.45, 2.75) is 0 Å². The number of fused-ring (bicyclic) bond motifs is 1. The second-order valence-electron chi connectivity index (χ2n) is 2.30. The molecule has 0 aliphatic carbocycles. The third kappa shape index (κ3) is 0.833. The zero-order chi connectivity index (χ0) is 8.55. The molecule has 5 heteroatoms. The number of pyridine rings is 1. The van der Waals surface area contributed by atoms with Crippen LogP contribution in [0.4, 0.5) is 0 Å². The summed E-state index contributed by atoms with van der Waals surface area (Å²) < 4.78 is 0. The molecular formula is C7H5N3O2. The maximum atomic E-state index is 10.6. The molecule has 0 bridgehead atoms. The summed E-state index contributed by atoms with van der Waals surface area (Å²) in [5.41, 5.74) is 0.669. The quantitative estimate of drug-likeness (QED) is 0.647. The molecule has 0 aromatic carbocycles. The molecule has 2 heterocycles. The van der Waals surface area contributed by atoms with Gasteiger partial charge < -0.3 is 5.11 Å².